The quantitative estimate of drug-likeness (QED) is 0.338. The van der Waals surface area contributed by atoms with E-state index in [0.717, 1.165) is 0 Å². The Balaban J connectivity index is 2.75. The Hall–Kier alpha value is -1.23. The van der Waals surface area contributed by atoms with Gasteiger partial charge in [-0.05, 0) is 0 Å². The van der Waals surface area contributed by atoms with E-state index in [1.165, 1.54) is 5.01 Å². The smallest absolute Gasteiger partial charge is 0.145 e. The molecule has 0 aliphatic carbocycles. The number of hydrogen-bond donors (Lipinski definition) is 3. The van der Waals surface area contributed by atoms with Gasteiger partial charge < -0.3 is 11.5 Å². The Bertz CT molecular complexity index is 170. The van der Waals surface area contributed by atoms with Crippen LogP contribution < -0.4 is 17.3 Å². The van der Waals surface area contributed by atoms with Crippen LogP contribution in [0.4, 0.5) is 0 Å². The first-order valence-electron chi connectivity index (χ1n) is 2.49. The normalized spacial score (nSPS) is 19.0. The van der Waals surface area contributed by atoms with Gasteiger partial charge in [0, 0.05) is 6.20 Å². The molecular formula is C4H9N5. The Morgan fingerprint density at radius 2 is 2.22 bits per heavy atom. The molecule has 0 radical (unpaired) electrons. The Morgan fingerprint density at radius 1 is 1.56 bits per heavy atom. The van der Waals surface area contributed by atoms with Crippen LogP contribution in [0.5, 0.6) is 0 Å². The zero-order valence-corrected chi connectivity index (χ0v) is 4.91. The molecular weight excluding hydrogens is 118 g/mol. The molecule has 1 rings (SSSR count). The Kier molecular flexibility index (Phi) is 1.27. The number of aliphatic imine (C=N–C) groups is 1. The summed E-state index contributed by atoms with van der Waals surface area (Å²) in [7, 11) is 0. The summed E-state index contributed by atoms with van der Waals surface area (Å²) in [6.07, 6.45) is 1.54. The highest BCUT2D eigenvalue weighted by Gasteiger charge is 2.04. The van der Waals surface area contributed by atoms with Crippen LogP contribution in [0.2, 0.25) is 0 Å². The van der Waals surface area contributed by atoms with Gasteiger partial charge in [-0.15, -0.1) is 0 Å². The molecule has 0 amide bonds. The molecule has 9 heavy (non-hydrogen) atoms. The molecule has 0 fully saturated rings. The molecule has 1 aliphatic heterocycles. The van der Waals surface area contributed by atoms with E-state index < -0.39 is 0 Å². The van der Waals surface area contributed by atoms with Crippen LogP contribution in [-0.2, 0) is 0 Å². The highest BCUT2D eigenvalue weighted by atomic mass is 15.4. The van der Waals surface area contributed by atoms with Gasteiger partial charge in [0.1, 0.15) is 12.5 Å². The van der Waals surface area contributed by atoms with Gasteiger partial charge in [0.2, 0.25) is 0 Å². The molecule has 0 bridgehead atoms. The highest BCUT2D eigenvalue weighted by Crippen LogP contribution is 1.94. The molecule has 0 aromatic carbocycles. The lowest BCUT2D eigenvalue weighted by Crippen LogP contribution is -2.35. The third-order valence-electron chi connectivity index (χ3n) is 1.01. The van der Waals surface area contributed by atoms with Gasteiger partial charge in [-0.25, -0.2) is 10.8 Å². The maximum atomic E-state index is 5.35. The molecule has 0 aromatic heterocycles. The Labute approximate surface area is 52.8 Å². The van der Waals surface area contributed by atoms with E-state index in [1.54, 1.807) is 6.20 Å². The second kappa shape index (κ2) is 1.94. The third-order valence-corrected chi connectivity index (χ3v) is 1.01. The molecule has 1 heterocycles. The van der Waals surface area contributed by atoms with Gasteiger partial charge >= 0.3 is 0 Å². The number of hydrogen-bond acceptors (Lipinski definition) is 5. The van der Waals surface area contributed by atoms with Crippen molar-refractivity contribution >= 4 is 5.84 Å². The molecule has 0 atom stereocenters. The second-order valence-electron chi connectivity index (χ2n) is 1.78. The third kappa shape index (κ3) is 1.11. The minimum absolute atomic E-state index is 0.358. The summed E-state index contributed by atoms with van der Waals surface area (Å²) in [5, 5.41) is 1.37. The van der Waals surface area contributed by atoms with Gasteiger partial charge in [-0.1, -0.05) is 0 Å². The lowest BCUT2D eigenvalue weighted by atomic mass is 10.4. The monoisotopic (exact) mass is 127 g/mol. The first kappa shape index (κ1) is 5.90. The molecule has 5 heteroatoms. The van der Waals surface area contributed by atoms with Gasteiger partial charge in [0.05, 0.1) is 5.70 Å². The van der Waals surface area contributed by atoms with E-state index in [-0.39, 0.29) is 0 Å². The van der Waals surface area contributed by atoms with Gasteiger partial charge in [0.15, 0.2) is 0 Å². The summed E-state index contributed by atoms with van der Waals surface area (Å²) in [5.41, 5.74) is 11.1. The maximum absolute atomic E-state index is 5.35. The summed E-state index contributed by atoms with van der Waals surface area (Å²) in [6, 6.07) is 0. The van der Waals surface area contributed by atoms with E-state index in [1.807, 2.05) is 0 Å². The first-order valence-corrected chi connectivity index (χ1v) is 2.49. The molecule has 5 nitrogen and oxygen atoms in total. The SMILES string of the molecule is NC1=CN(N)CN=C1N. The summed E-state index contributed by atoms with van der Waals surface area (Å²) in [5.74, 6) is 5.66. The van der Waals surface area contributed by atoms with Crippen molar-refractivity contribution in [2.45, 2.75) is 0 Å². The maximum Gasteiger partial charge on any atom is 0.145 e. The van der Waals surface area contributed by atoms with Crippen LogP contribution in [-0.4, -0.2) is 17.5 Å². The zero-order valence-electron chi connectivity index (χ0n) is 4.91. The predicted octanol–water partition coefficient (Wildman–Crippen LogP) is -1.71. The molecule has 50 valence electrons. The molecule has 0 spiro atoms. The van der Waals surface area contributed by atoms with E-state index >= 15 is 0 Å². The highest BCUT2D eigenvalue weighted by molar-refractivity contribution is 5.96. The van der Waals surface area contributed by atoms with Gasteiger partial charge in [-0.2, -0.15) is 0 Å². The summed E-state index contributed by atoms with van der Waals surface area (Å²) < 4.78 is 0. The molecule has 0 aromatic rings. The average Bonchev–Trinajstić information content (AvgIpc) is 1.80. The van der Waals surface area contributed by atoms with Crippen molar-refractivity contribution in [2.75, 3.05) is 6.67 Å². The topological polar surface area (TPSA) is 93.7 Å². The minimum Gasteiger partial charge on any atom is -0.395 e. The van der Waals surface area contributed by atoms with Crippen molar-refractivity contribution in [1.82, 2.24) is 5.01 Å². The van der Waals surface area contributed by atoms with Crippen LogP contribution in [0.3, 0.4) is 0 Å². The fourth-order valence-corrected chi connectivity index (χ4v) is 0.535. The van der Waals surface area contributed by atoms with E-state index in [4.69, 9.17) is 17.3 Å². The van der Waals surface area contributed by atoms with Crippen LogP contribution in [0, 0.1) is 0 Å². The van der Waals surface area contributed by atoms with E-state index in [9.17, 15) is 0 Å². The van der Waals surface area contributed by atoms with Gasteiger partial charge in [-0.3, -0.25) is 5.01 Å². The summed E-state index contributed by atoms with van der Waals surface area (Å²) in [6.45, 7) is 0.381. The molecule has 0 unspecified atom stereocenters. The standard InChI is InChI=1S/C4H9N5/c5-3-1-9(7)2-8-4(3)6/h1H,2,5,7H2,(H2,6,8). The van der Waals surface area contributed by atoms with Crippen LogP contribution >= 0.6 is 0 Å². The van der Waals surface area contributed by atoms with Gasteiger partial charge in [0.25, 0.3) is 0 Å². The molecule has 0 saturated carbocycles. The number of amidine groups is 1. The van der Waals surface area contributed by atoms with Crippen molar-refractivity contribution < 1.29 is 0 Å². The van der Waals surface area contributed by atoms with Crippen LogP contribution in [0.15, 0.2) is 16.9 Å². The number of nitrogens with two attached hydrogens (primary N) is 3. The Morgan fingerprint density at radius 3 is 2.67 bits per heavy atom. The molecule has 0 saturated heterocycles. The fourth-order valence-electron chi connectivity index (χ4n) is 0.535. The van der Waals surface area contributed by atoms with E-state index in [0.29, 0.717) is 18.2 Å². The van der Waals surface area contributed by atoms with E-state index in [2.05, 4.69) is 4.99 Å². The number of rotatable bonds is 0. The fraction of sp³-hybridized carbons (Fsp3) is 0.250. The van der Waals surface area contributed by atoms with Crippen molar-refractivity contribution in [3.63, 3.8) is 0 Å². The number of hydrazine groups is 1. The lowest BCUT2D eigenvalue weighted by Gasteiger charge is -2.16. The second-order valence-corrected chi connectivity index (χ2v) is 1.78. The minimum atomic E-state index is 0.358. The number of nitrogens with zero attached hydrogens (tertiary/aromatic N) is 2. The van der Waals surface area contributed by atoms with Crippen LogP contribution in [0.1, 0.15) is 0 Å². The van der Waals surface area contributed by atoms with Crippen molar-refractivity contribution in [2.24, 2.45) is 22.3 Å². The first-order chi connectivity index (χ1) is 4.20. The van der Waals surface area contributed by atoms with Crippen molar-refractivity contribution in [3.8, 4) is 0 Å². The zero-order chi connectivity index (χ0) is 6.85. The average molecular weight is 127 g/mol. The van der Waals surface area contributed by atoms with Crippen molar-refractivity contribution in [3.05, 3.63) is 11.9 Å². The molecule has 6 N–H and O–H groups in total. The summed E-state index contributed by atoms with van der Waals surface area (Å²) >= 11 is 0. The van der Waals surface area contributed by atoms with Crippen LogP contribution in [0.25, 0.3) is 0 Å². The lowest BCUT2D eigenvalue weighted by molar-refractivity contribution is 0.400. The van der Waals surface area contributed by atoms with Crippen molar-refractivity contribution in [1.29, 1.82) is 0 Å². The summed E-state index contributed by atoms with van der Waals surface area (Å²) in [4.78, 5) is 3.79. The predicted molar refractivity (Wildman–Crippen MR) is 34.8 cm³/mol. The molecule has 1 aliphatic rings. The largest absolute Gasteiger partial charge is 0.395 e.